The number of benzene rings is 2. The summed E-state index contributed by atoms with van der Waals surface area (Å²) >= 11 is 3.19. The van der Waals surface area contributed by atoms with Crippen LogP contribution in [-0.4, -0.2) is 74.0 Å². The van der Waals surface area contributed by atoms with Gasteiger partial charge in [-0.15, -0.1) is 11.8 Å². The van der Waals surface area contributed by atoms with E-state index in [4.69, 9.17) is 4.98 Å². The lowest BCUT2D eigenvalue weighted by Gasteiger charge is -2.25. The predicted octanol–water partition coefficient (Wildman–Crippen LogP) is 6.60. The topological polar surface area (TPSA) is 73.8 Å². The maximum absolute atomic E-state index is 13.8. The van der Waals surface area contributed by atoms with Gasteiger partial charge in [0.2, 0.25) is 10.0 Å². The molecule has 1 heterocycles. The van der Waals surface area contributed by atoms with E-state index in [1.165, 1.54) is 11.3 Å². The van der Waals surface area contributed by atoms with Gasteiger partial charge in [0.05, 0.1) is 15.1 Å². The summed E-state index contributed by atoms with van der Waals surface area (Å²) in [6.45, 7) is 12.4. The first-order valence-corrected chi connectivity index (χ1v) is 17.4. The summed E-state index contributed by atoms with van der Waals surface area (Å²) in [5.74, 6) is -0.177. The third-order valence-electron chi connectivity index (χ3n) is 6.86. The zero-order valence-electron chi connectivity index (χ0n) is 23.9. The molecule has 0 atom stereocenters. The van der Waals surface area contributed by atoms with Gasteiger partial charge < -0.3 is 4.90 Å². The number of rotatable bonds is 16. The molecule has 0 unspecified atom stereocenters. The molecule has 0 bridgehead atoms. The molecule has 7 nitrogen and oxygen atoms in total. The van der Waals surface area contributed by atoms with Crippen LogP contribution in [0.25, 0.3) is 10.2 Å². The molecule has 0 aliphatic rings. The second-order valence-electron chi connectivity index (χ2n) is 9.45. The lowest BCUT2D eigenvalue weighted by atomic mass is 10.2. The predicted molar refractivity (Wildman–Crippen MR) is 166 cm³/mol. The van der Waals surface area contributed by atoms with Gasteiger partial charge >= 0.3 is 0 Å². The number of hydrogen-bond donors (Lipinski definition) is 0. The van der Waals surface area contributed by atoms with E-state index in [0.717, 1.165) is 60.4 Å². The van der Waals surface area contributed by atoms with Gasteiger partial charge in [-0.05, 0) is 74.7 Å². The van der Waals surface area contributed by atoms with Crippen molar-refractivity contribution in [2.45, 2.75) is 63.2 Å². The number of amides is 1. The smallest absolute Gasteiger partial charge is 0.260 e. The molecular formula is C29H42N4O3S3. The Balaban J connectivity index is 1.91. The molecule has 0 saturated carbocycles. The maximum Gasteiger partial charge on any atom is 0.260 e. The van der Waals surface area contributed by atoms with Gasteiger partial charge in [0, 0.05) is 36.6 Å². The molecule has 0 N–H and O–H groups in total. The van der Waals surface area contributed by atoms with Crippen molar-refractivity contribution in [2.75, 3.05) is 50.4 Å². The van der Waals surface area contributed by atoms with E-state index in [1.54, 1.807) is 45.2 Å². The largest absolute Gasteiger partial charge is 0.302 e. The minimum absolute atomic E-state index is 0.177. The summed E-state index contributed by atoms with van der Waals surface area (Å²) in [5, 5.41) is 0.655. The molecule has 1 aromatic heterocycles. The molecule has 214 valence electrons. The summed E-state index contributed by atoms with van der Waals surface area (Å²) in [4.78, 5) is 24.0. The van der Waals surface area contributed by atoms with Crippen LogP contribution in [0.2, 0.25) is 0 Å². The van der Waals surface area contributed by atoms with E-state index in [9.17, 15) is 13.2 Å². The summed E-state index contributed by atoms with van der Waals surface area (Å²) in [5.41, 5.74) is 1.32. The van der Waals surface area contributed by atoms with Crippen molar-refractivity contribution >= 4 is 54.4 Å². The Morgan fingerprint density at radius 1 is 0.897 bits per heavy atom. The highest BCUT2D eigenvalue weighted by molar-refractivity contribution is 7.98. The Morgan fingerprint density at radius 2 is 1.54 bits per heavy atom. The van der Waals surface area contributed by atoms with Crippen LogP contribution in [0, 0.1) is 0 Å². The number of nitrogens with zero attached hydrogens (tertiary/aromatic N) is 4. The summed E-state index contributed by atoms with van der Waals surface area (Å²) in [7, 11) is -3.62. The molecule has 0 saturated heterocycles. The first-order chi connectivity index (χ1) is 18.8. The number of likely N-dealkylation sites (N-methyl/N-ethyl adjacent to an activating group) is 1. The van der Waals surface area contributed by atoms with Crippen molar-refractivity contribution < 1.29 is 13.2 Å². The molecule has 0 aliphatic heterocycles. The molecule has 3 rings (SSSR count). The fourth-order valence-electron chi connectivity index (χ4n) is 4.30. The normalized spacial score (nSPS) is 12.1. The SMILES string of the molecule is CCCCN(CCCC)S(=O)(=O)c1ccc(C(=O)N(CCN(CC)CC)c2nc3ccc(SC)cc3s2)cc1. The van der Waals surface area contributed by atoms with Crippen LogP contribution in [0.5, 0.6) is 0 Å². The number of anilines is 1. The number of carbonyl (C=O) groups is 1. The zero-order valence-corrected chi connectivity index (χ0v) is 26.3. The zero-order chi connectivity index (χ0) is 28.4. The molecular weight excluding hydrogens is 549 g/mol. The highest BCUT2D eigenvalue weighted by atomic mass is 32.2. The van der Waals surface area contributed by atoms with E-state index in [1.807, 2.05) is 18.4 Å². The minimum atomic E-state index is -3.62. The molecule has 39 heavy (non-hydrogen) atoms. The minimum Gasteiger partial charge on any atom is -0.302 e. The molecule has 2 aromatic carbocycles. The quantitative estimate of drug-likeness (QED) is 0.175. The van der Waals surface area contributed by atoms with Crippen LogP contribution in [0.1, 0.15) is 63.7 Å². The number of aromatic nitrogens is 1. The Labute approximate surface area is 242 Å². The van der Waals surface area contributed by atoms with Crippen molar-refractivity contribution in [2.24, 2.45) is 0 Å². The number of hydrogen-bond acceptors (Lipinski definition) is 7. The van der Waals surface area contributed by atoms with Gasteiger partial charge in [0.25, 0.3) is 5.91 Å². The monoisotopic (exact) mass is 590 g/mol. The average Bonchev–Trinajstić information content (AvgIpc) is 3.38. The molecule has 0 fully saturated rings. The molecule has 3 aromatic rings. The van der Waals surface area contributed by atoms with Crippen LogP contribution in [0.3, 0.4) is 0 Å². The summed E-state index contributed by atoms with van der Waals surface area (Å²) < 4.78 is 29.4. The number of sulfonamides is 1. The van der Waals surface area contributed by atoms with Crippen LogP contribution < -0.4 is 4.90 Å². The van der Waals surface area contributed by atoms with E-state index < -0.39 is 10.0 Å². The summed E-state index contributed by atoms with van der Waals surface area (Å²) in [6, 6.07) is 12.6. The van der Waals surface area contributed by atoms with Crippen LogP contribution >= 0.6 is 23.1 Å². The molecule has 0 radical (unpaired) electrons. The third-order valence-corrected chi connectivity index (χ3v) is 10.5. The van der Waals surface area contributed by atoms with Gasteiger partial charge in [-0.2, -0.15) is 4.31 Å². The van der Waals surface area contributed by atoms with Crippen molar-refractivity contribution in [3.63, 3.8) is 0 Å². The fraction of sp³-hybridized carbons (Fsp3) is 0.517. The number of carbonyl (C=O) groups excluding carboxylic acids is 1. The Kier molecular flexibility index (Phi) is 12.2. The fourth-order valence-corrected chi connectivity index (χ4v) is 7.36. The van der Waals surface area contributed by atoms with E-state index in [2.05, 4.69) is 38.7 Å². The summed E-state index contributed by atoms with van der Waals surface area (Å²) in [6.07, 6.45) is 5.54. The number of fused-ring (bicyclic) bond motifs is 1. The molecule has 0 aliphatic carbocycles. The van der Waals surface area contributed by atoms with Gasteiger partial charge in [0.15, 0.2) is 5.13 Å². The van der Waals surface area contributed by atoms with Crippen LogP contribution in [0.15, 0.2) is 52.3 Å². The van der Waals surface area contributed by atoms with E-state index in [0.29, 0.717) is 30.3 Å². The third kappa shape index (κ3) is 8.04. The van der Waals surface area contributed by atoms with Gasteiger partial charge in [-0.1, -0.05) is 51.9 Å². The molecule has 10 heteroatoms. The highest BCUT2D eigenvalue weighted by Crippen LogP contribution is 2.32. The Bertz CT molecular complexity index is 1300. The first-order valence-electron chi connectivity index (χ1n) is 13.9. The maximum atomic E-state index is 13.8. The van der Waals surface area contributed by atoms with Crippen LogP contribution in [-0.2, 0) is 10.0 Å². The van der Waals surface area contributed by atoms with Gasteiger partial charge in [-0.3, -0.25) is 9.69 Å². The van der Waals surface area contributed by atoms with Crippen LogP contribution in [0.4, 0.5) is 5.13 Å². The second-order valence-corrected chi connectivity index (χ2v) is 13.3. The van der Waals surface area contributed by atoms with E-state index >= 15 is 0 Å². The van der Waals surface area contributed by atoms with Gasteiger partial charge in [0.1, 0.15) is 0 Å². The highest BCUT2D eigenvalue weighted by Gasteiger charge is 2.26. The Morgan fingerprint density at radius 3 is 2.10 bits per heavy atom. The number of thiazole rings is 1. The lowest BCUT2D eigenvalue weighted by molar-refractivity contribution is 0.0983. The molecule has 0 spiro atoms. The Hall–Kier alpha value is -1.98. The molecule has 1 amide bonds. The number of unbranched alkanes of at least 4 members (excludes halogenated alkanes) is 2. The van der Waals surface area contributed by atoms with E-state index in [-0.39, 0.29) is 10.8 Å². The van der Waals surface area contributed by atoms with Crippen molar-refractivity contribution in [1.82, 2.24) is 14.2 Å². The standard InChI is InChI=1S/C29H42N4O3S3/c1-6-10-18-32(19-11-7-2)39(35,36)25-15-12-23(13-16-25)28(34)33(21-20-31(8-3)9-4)29-30-26-17-14-24(37-5)22-27(26)38-29/h12-17,22H,6-11,18-21H2,1-5H3. The lowest BCUT2D eigenvalue weighted by Crippen LogP contribution is -2.39. The first kappa shape index (κ1) is 31.5. The van der Waals surface area contributed by atoms with Crippen molar-refractivity contribution in [3.05, 3.63) is 48.0 Å². The second kappa shape index (κ2) is 15.1. The average molecular weight is 591 g/mol. The van der Waals surface area contributed by atoms with Crippen molar-refractivity contribution in [3.8, 4) is 0 Å². The van der Waals surface area contributed by atoms with Gasteiger partial charge in [-0.25, -0.2) is 13.4 Å². The number of thioether (sulfide) groups is 1. The van der Waals surface area contributed by atoms with Crippen molar-refractivity contribution in [1.29, 1.82) is 0 Å².